The van der Waals surface area contributed by atoms with Crippen LogP contribution in [0.25, 0.3) is 0 Å². The van der Waals surface area contributed by atoms with Gasteiger partial charge in [-0.2, -0.15) is 0 Å². The second kappa shape index (κ2) is 4.30. The summed E-state index contributed by atoms with van der Waals surface area (Å²) in [6.07, 6.45) is 4.05. The summed E-state index contributed by atoms with van der Waals surface area (Å²) in [7, 11) is 0. The van der Waals surface area contributed by atoms with Gasteiger partial charge in [0, 0.05) is 6.54 Å². The lowest BCUT2D eigenvalue weighted by atomic mass is 10.0. The van der Waals surface area contributed by atoms with Crippen LogP contribution in [0, 0.1) is 5.41 Å². The molecule has 1 aliphatic carbocycles. The van der Waals surface area contributed by atoms with Gasteiger partial charge in [-0.15, -0.1) is 0 Å². The summed E-state index contributed by atoms with van der Waals surface area (Å²) < 4.78 is 6.33. The highest BCUT2D eigenvalue weighted by Gasteiger charge is 2.40. The molecule has 1 saturated carbocycles. The normalized spacial score (nSPS) is 20.2. The fourth-order valence-electron chi connectivity index (χ4n) is 1.86. The molecule has 1 N–H and O–H groups in total. The van der Waals surface area contributed by atoms with Crippen molar-refractivity contribution >= 4 is 15.9 Å². The minimum absolute atomic E-state index is 0.306. The molecule has 1 aromatic heterocycles. The summed E-state index contributed by atoms with van der Waals surface area (Å²) >= 11 is 3.32. The molecule has 1 heterocycles. The maximum atomic E-state index is 5.52. The molecule has 84 valence electrons. The molecule has 0 bridgehead atoms. The van der Waals surface area contributed by atoms with Crippen molar-refractivity contribution in [2.75, 3.05) is 6.54 Å². The smallest absolute Gasteiger partial charge is 0.169 e. The quantitative estimate of drug-likeness (QED) is 0.879. The lowest BCUT2D eigenvalue weighted by molar-refractivity contribution is 0.371. The van der Waals surface area contributed by atoms with E-state index in [-0.39, 0.29) is 0 Å². The SMILES string of the molecule is CCC1(CNC(C)c2ccc(Br)o2)CC1. The number of rotatable bonds is 5. The van der Waals surface area contributed by atoms with Crippen molar-refractivity contribution in [3.63, 3.8) is 0 Å². The first-order chi connectivity index (χ1) is 7.15. The molecule has 1 aromatic rings. The summed E-state index contributed by atoms with van der Waals surface area (Å²) in [6.45, 7) is 5.54. The van der Waals surface area contributed by atoms with Gasteiger partial charge in [-0.1, -0.05) is 6.92 Å². The van der Waals surface area contributed by atoms with Crippen LogP contribution in [-0.4, -0.2) is 6.54 Å². The molecule has 0 aromatic carbocycles. The van der Waals surface area contributed by atoms with Gasteiger partial charge in [-0.25, -0.2) is 0 Å². The Morgan fingerprint density at radius 3 is 2.73 bits per heavy atom. The van der Waals surface area contributed by atoms with E-state index in [1.165, 1.54) is 19.3 Å². The molecule has 15 heavy (non-hydrogen) atoms. The molecule has 0 aliphatic heterocycles. The Morgan fingerprint density at radius 2 is 2.27 bits per heavy atom. The van der Waals surface area contributed by atoms with Crippen molar-refractivity contribution in [2.24, 2.45) is 5.41 Å². The van der Waals surface area contributed by atoms with Gasteiger partial charge in [0.2, 0.25) is 0 Å². The van der Waals surface area contributed by atoms with Gasteiger partial charge >= 0.3 is 0 Å². The van der Waals surface area contributed by atoms with Crippen LogP contribution in [0.1, 0.15) is 44.9 Å². The third-order valence-corrected chi connectivity index (χ3v) is 3.94. The fourth-order valence-corrected chi connectivity index (χ4v) is 2.18. The van der Waals surface area contributed by atoms with Crippen molar-refractivity contribution in [3.05, 3.63) is 22.6 Å². The predicted molar refractivity (Wildman–Crippen MR) is 64.8 cm³/mol. The van der Waals surface area contributed by atoms with Crippen LogP contribution in [0.4, 0.5) is 0 Å². The Balaban J connectivity index is 1.85. The van der Waals surface area contributed by atoms with Gasteiger partial charge in [-0.05, 0) is 59.7 Å². The number of hydrogen-bond donors (Lipinski definition) is 1. The topological polar surface area (TPSA) is 25.2 Å². The van der Waals surface area contributed by atoms with E-state index in [0.717, 1.165) is 17.0 Å². The molecule has 0 spiro atoms. The van der Waals surface area contributed by atoms with E-state index in [1.54, 1.807) is 0 Å². The number of hydrogen-bond acceptors (Lipinski definition) is 2. The van der Waals surface area contributed by atoms with Gasteiger partial charge in [-0.3, -0.25) is 0 Å². The maximum Gasteiger partial charge on any atom is 0.169 e. The van der Waals surface area contributed by atoms with Crippen LogP contribution < -0.4 is 5.32 Å². The van der Waals surface area contributed by atoms with E-state index >= 15 is 0 Å². The van der Waals surface area contributed by atoms with Crippen LogP contribution in [0.15, 0.2) is 21.2 Å². The third-order valence-electron chi connectivity index (χ3n) is 3.51. The molecule has 0 amide bonds. The van der Waals surface area contributed by atoms with Crippen LogP contribution in [0.2, 0.25) is 0 Å². The summed E-state index contributed by atoms with van der Waals surface area (Å²) in [5.41, 5.74) is 0.595. The zero-order valence-corrected chi connectivity index (χ0v) is 10.9. The first-order valence-electron chi connectivity index (χ1n) is 5.64. The van der Waals surface area contributed by atoms with Gasteiger partial charge in [0.25, 0.3) is 0 Å². The zero-order valence-electron chi connectivity index (χ0n) is 9.35. The van der Waals surface area contributed by atoms with Crippen LogP contribution in [0.5, 0.6) is 0 Å². The predicted octanol–water partition coefficient (Wildman–Crippen LogP) is 3.88. The second-order valence-corrected chi connectivity index (χ2v) is 5.38. The molecule has 1 atom stereocenters. The molecular formula is C12H18BrNO. The Labute approximate surface area is 99.6 Å². The standard InChI is InChI=1S/C12H18BrNO/c1-3-12(6-7-12)8-14-9(2)10-4-5-11(13)15-10/h4-5,9,14H,3,6-8H2,1-2H3. The van der Waals surface area contributed by atoms with E-state index in [4.69, 9.17) is 4.42 Å². The molecule has 3 heteroatoms. The zero-order chi connectivity index (χ0) is 10.9. The van der Waals surface area contributed by atoms with E-state index in [1.807, 2.05) is 12.1 Å². The van der Waals surface area contributed by atoms with E-state index in [2.05, 4.69) is 35.1 Å². The average Bonchev–Trinajstić information content (AvgIpc) is 2.90. The van der Waals surface area contributed by atoms with Gasteiger partial charge in [0.05, 0.1) is 6.04 Å². The van der Waals surface area contributed by atoms with E-state index in [0.29, 0.717) is 11.5 Å². The maximum absolute atomic E-state index is 5.52. The molecule has 1 unspecified atom stereocenters. The summed E-state index contributed by atoms with van der Waals surface area (Å²) in [6, 6.07) is 4.27. The van der Waals surface area contributed by atoms with Crippen molar-refractivity contribution in [2.45, 2.75) is 39.2 Å². The third kappa shape index (κ3) is 2.64. The van der Waals surface area contributed by atoms with Crippen LogP contribution in [-0.2, 0) is 0 Å². The van der Waals surface area contributed by atoms with Gasteiger partial charge in [0.1, 0.15) is 5.76 Å². The Bertz CT molecular complexity index is 330. The lowest BCUT2D eigenvalue weighted by Gasteiger charge is -2.17. The lowest BCUT2D eigenvalue weighted by Crippen LogP contribution is -2.26. The molecule has 0 radical (unpaired) electrons. The number of furan rings is 1. The molecule has 2 nitrogen and oxygen atoms in total. The molecule has 2 rings (SSSR count). The highest BCUT2D eigenvalue weighted by molar-refractivity contribution is 9.10. The molecule has 1 fully saturated rings. The van der Waals surface area contributed by atoms with E-state index < -0.39 is 0 Å². The highest BCUT2D eigenvalue weighted by Crippen LogP contribution is 2.48. The molecule has 1 aliphatic rings. The minimum atomic E-state index is 0.306. The summed E-state index contributed by atoms with van der Waals surface area (Å²) in [5.74, 6) is 1.01. The Kier molecular flexibility index (Phi) is 3.21. The summed E-state index contributed by atoms with van der Waals surface area (Å²) in [5, 5.41) is 3.55. The van der Waals surface area contributed by atoms with Crippen molar-refractivity contribution in [1.29, 1.82) is 0 Å². The number of halogens is 1. The first-order valence-corrected chi connectivity index (χ1v) is 6.43. The van der Waals surface area contributed by atoms with Gasteiger partial charge in [0.15, 0.2) is 4.67 Å². The van der Waals surface area contributed by atoms with E-state index in [9.17, 15) is 0 Å². The van der Waals surface area contributed by atoms with Crippen molar-refractivity contribution in [1.82, 2.24) is 5.32 Å². The molecule has 0 saturated heterocycles. The highest BCUT2D eigenvalue weighted by atomic mass is 79.9. The minimum Gasteiger partial charge on any atom is -0.453 e. The van der Waals surface area contributed by atoms with Crippen molar-refractivity contribution in [3.8, 4) is 0 Å². The monoisotopic (exact) mass is 271 g/mol. The van der Waals surface area contributed by atoms with Crippen molar-refractivity contribution < 1.29 is 4.42 Å². The first kappa shape index (κ1) is 11.2. The second-order valence-electron chi connectivity index (χ2n) is 4.60. The largest absolute Gasteiger partial charge is 0.453 e. The Hall–Kier alpha value is -0.280. The number of nitrogens with one attached hydrogen (secondary N) is 1. The van der Waals surface area contributed by atoms with Gasteiger partial charge < -0.3 is 9.73 Å². The van der Waals surface area contributed by atoms with Crippen LogP contribution >= 0.6 is 15.9 Å². The fraction of sp³-hybridized carbons (Fsp3) is 0.667. The Morgan fingerprint density at radius 1 is 1.53 bits per heavy atom. The molecular weight excluding hydrogens is 254 g/mol. The average molecular weight is 272 g/mol. The van der Waals surface area contributed by atoms with Crippen LogP contribution in [0.3, 0.4) is 0 Å². The summed E-state index contributed by atoms with van der Waals surface area (Å²) in [4.78, 5) is 0.